The van der Waals surface area contributed by atoms with Crippen molar-refractivity contribution in [3.05, 3.63) is 71.4 Å². The van der Waals surface area contributed by atoms with Crippen LogP contribution in [0.2, 0.25) is 0 Å². The zero-order valence-corrected chi connectivity index (χ0v) is 18.8. The number of allylic oxidation sites excluding steroid dienone is 1. The third-order valence-corrected chi connectivity index (χ3v) is 6.82. The molecule has 0 amide bonds. The first kappa shape index (κ1) is 24.0. The van der Waals surface area contributed by atoms with Crippen molar-refractivity contribution in [1.82, 2.24) is 13.9 Å². The Morgan fingerprint density at radius 2 is 1.90 bits per heavy atom. The zero-order chi connectivity index (χ0) is 21.2. The molecule has 0 spiro atoms. The minimum atomic E-state index is -3.46. The van der Waals surface area contributed by atoms with Gasteiger partial charge >= 0.3 is 0 Å². The summed E-state index contributed by atoms with van der Waals surface area (Å²) in [5, 5.41) is 0.954. The van der Waals surface area contributed by atoms with Gasteiger partial charge in [-0.15, -0.1) is 12.4 Å². The van der Waals surface area contributed by atoms with Crippen LogP contribution in [0.1, 0.15) is 16.8 Å². The highest BCUT2D eigenvalue weighted by atomic mass is 35.5. The van der Waals surface area contributed by atoms with Gasteiger partial charge in [-0.25, -0.2) is 17.1 Å². The number of halogens is 2. The van der Waals surface area contributed by atoms with Gasteiger partial charge in [-0.3, -0.25) is 4.98 Å². The highest BCUT2D eigenvalue weighted by Crippen LogP contribution is 2.28. The van der Waals surface area contributed by atoms with Gasteiger partial charge in [-0.05, 0) is 48.7 Å². The summed E-state index contributed by atoms with van der Waals surface area (Å²) >= 11 is 0. The summed E-state index contributed by atoms with van der Waals surface area (Å²) in [4.78, 5) is 4.48. The van der Waals surface area contributed by atoms with Gasteiger partial charge < -0.3 is 10.3 Å². The second kappa shape index (κ2) is 9.70. The van der Waals surface area contributed by atoms with E-state index in [0.717, 1.165) is 27.7 Å². The highest BCUT2D eigenvalue weighted by Gasteiger charge is 2.18. The van der Waals surface area contributed by atoms with Crippen LogP contribution in [0.15, 0.2) is 59.5 Å². The first-order valence-electron chi connectivity index (χ1n) is 9.23. The van der Waals surface area contributed by atoms with Gasteiger partial charge in [-0.2, -0.15) is 0 Å². The Hall–Kier alpha value is -2.26. The van der Waals surface area contributed by atoms with Crippen LogP contribution in [0.4, 0.5) is 4.39 Å². The topological polar surface area (TPSA) is 81.2 Å². The van der Waals surface area contributed by atoms with E-state index in [9.17, 15) is 12.8 Å². The molecular formula is C21H26ClFN4O2S. The molecule has 2 heterocycles. The fourth-order valence-corrected chi connectivity index (χ4v) is 4.26. The second-order valence-electron chi connectivity index (χ2n) is 7.04. The average Bonchev–Trinajstić information content (AvgIpc) is 2.94. The number of pyridine rings is 1. The number of nitrogens with zero attached hydrogens (tertiary/aromatic N) is 3. The van der Waals surface area contributed by atoms with E-state index < -0.39 is 10.0 Å². The predicted octanol–water partition coefficient (Wildman–Crippen LogP) is 3.42. The predicted molar refractivity (Wildman–Crippen MR) is 120 cm³/mol. The number of aromatic nitrogens is 2. The third-order valence-electron chi connectivity index (χ3n) is 4.99. The molecular weight excluding hydrogens is 427 g/mol. The van der Waals surface area contributed by atoms with Crippen LogP contribution in [0.25, 0.3) is 10.9 Å². The SMILES string of the molecule is Cc1c(Cc2ccc(S(=O)(=O)N(C)C)cc2)c2cnccc2n1C/C(F)=C/CN.Cl. The van der Waals surface area contributed by atoms with Crippen LogP contribution in [0.3, 0.4) is 0 Å². The van der Waals surface area contributed by atoms with E-state index in [1.54, 1.807) is 24.5 Å². The smallest absolute Gasteiger partial charge is 0.242 e. The summed E-state index contributed by atoms with van der Waals surface area (Å²) in [5.74, 6) is -0.283. The third kappa shape index (κ3) is 4.73. The number of hydrogen-bond donors (Lipinski definition) is 1. The molecule has 30 heavy (non-hydrogen) atoms. The highest BCUT2D eigenvalue weighted by molar-refractivity contribution is 7.89. The molecule has 0 saturated heterocycles. The van der Waals surface area contributed by atoms with Gasteiger partial charge in [-0.1, -0.05) is 12.1 Å². The minimum Gasteiger partial charge on any atom is -0.338 e. The summed E-state index contributed by atoms with van der Waals surface area (Å²) < 4.78 is 41.8. The summed E-state index contributed by atoms with van der Waals surface area (Å²) in [6.45, 7) is 2.22. The molecule has 3 rings (SSSR count). The number of rotatable bonds is 7. The second-order valence-corrected chi connectivity index (χ2v) is 9.19. The first-order valence-corrected chi connectivity index (χ1v) is 10.7. The molecule has 0 fully saturated rings. The van der Waals surface area contributed by atoms with E-state index in [2.05, 4.69) is 4.98 Å². The maximum atomic E-state index is 14.1. The molecule has 162 valence electrons. The summed E-state index contributed by atoms with van der Waals surface area (Å²) in [7, 11) is -0.450. The largest absolute Gasteiger partial charge is 0.338 e. The Bertz CT molecular complexity index is 1160. The number of nitrogens with two attached hydrogens (primary N) is 1. The number of fused-ring (bicyclic) bond motifs is 1. The van der Waals surface area contributed by atoms with Gasteiger partial charge in [0, 0.05) is 44.1 Å². The zero-order valence-electron chi connectivity index (χ0n) is 17.2. The minimum absolute atomic E-state index is 0. The van der Waals surface area contributed by atoms with Crippen molar-refractivity contribution in [2.24, 2.45) is 5.73 Å². The number of benzene rings is 1. The van der Waals surface area contributed by atoms with Crippen molar-refractivity contribution in [1.29, 1.82) is 0 Å². The van der Waals surface area contributed by atoms with Crippen LogP contribution in [-0.2, 0) is 23.0 Å². The van der Waals surface area contributed by atoms with E-state index >= 15 is 0 Å². The van der Waals surface area contributed by atoms with Gasteiger partial charge in [0.25, 0.3) is 0 Å². The first-order chi connectivity index (χ1) is 13.8. The Balaban J connectivity index is 0.00000320. The average molecular weight is 453 g/mol. The Morgan fingerprint density at radius 1 is 1.23 bits per heavy atom. The molecule has 2 aromatic heterocycles. The number of sulfonamides is 1. The van der Waals surface area contributed by atoms with E-state index in [1.807, 2.05) is 29.7 Å². The van der Waals surface area contributed by atoms with Crippen LogP contribution < -0.4 is 5.73 Å². The van der Waals surface area contributed by atoms with Crippen LogP contribution in [0, 0.1) is 6.92 Å². The Labute approximate surface area is 182 Å². The molecule has 0 aliphatic carbocycles. The van der Waals surface area contributed by atoms with Crippen LogP contribution in [0.5, 0.6) is 0 Å². The quantitative estimate of drug-likeness (QED) is 0.595. The summed E-state index contributed by atoms with van der Waals surface area (Å²) in [6.07, 6.45) is 5.43. The molecule has 0 unspecified atom stereocenters. The molecule has 0 bridgehead atoms. The van der Waals surface area contributed by atoms with Gasteiger partial charge in [0.15, 0.2) is 0 Å². The van der Waals surface area contributed by atoms with Crippen molar-refractivity contribution >= 4 is 33.3 Å². The van der Waals surface area contributed by atoms with E-state index in [1.165, 1.54) is 24.5 Å². The van der Waals surface area contributed by atoms with Crippen molar-refractivity contribution in [3.63, 3.8) is 0 Å². The monoisotopic (exact) mass is 452 g/mol. The lowest BCUT2D eigenvalue weighted by molar-refractivity contribution is 0.520. The lowest BCUT2D eigenvalue weighted by Crippen LogP contribution is -2.22. The van der Waals surface area contributed by atoms with E-state index in [-0.39, 0.29) is 36.2 Å². The fourth-order valence-electron chi connectivity index (χ4n) is 3.36. The lowest BCUT2D eigenvalue weighted by atomic mass is 10.0. The number of hydrogen-bond acceptors (Lipinski definition) is 4. The molecule has 0 aliphatic heterocycles. The van der Waals surface area contributed by atoms with Crippen molar-refractivity contribution in [3.8, 4) is 0 Å². The maximum Gasteiger partial charge on any atom is 0.242 e. The van der Waals surface area contributed by atoms with E-state index in [0.29, 0.717) is 6.42 Å². The summed E-state index contributed by atoms with van der Waals surface area (Å²) in [5.41, 5.74) is 9.27. The van der Waals surface area contributed by atoms with Crippen molar-refractivity contribution < 1.29 is 12.8 Å². The molecule has 0 saturated carbocycles. The molecule has 0 radical (unpaired) electrons. The molecule has 6 nitrogen and oxygen atoms in total. The standard InChI is InChI=1S/C21H25FN4O2S.ClH/c1-15-19(12-16-4-6-18(7-5-16)29(27,28)25(2)3)20-13-24-11-9-21(20)26(15)14-17(22)8-10-23;/h4-9,11,13H,10,12,14,23H2,1-3H3;1H/b17-8-;. The Morgan fingerprint density at radius 3 is 2.50 bits per heavy atom. The lowest BCUT2D eigenvalue weighted by Gasteiger charge is -2.12. The molecule has 3 aromatic rings. The normalized spacial score (nSPS) is 12.4. The van der Waals surface area contributed by atoms with E-state index in [4.69, 9.17) is 5.73 Å². The van der Waals surface area contributed by atoms with Crippen LogP contribution in [-0.4, -0.2) is 42.9 Å². The molecule has 1 aromatic carbocycles. The van der Waals surface area contributed by atoms with Gasteiger partial charge in [0.2, 0.25) is 10.0 Å². The Kier molecular flexibility index (Phi) is 7.76. The van der Waals surface area contributed by atoms with Crippen molar-refractivity contribution in [2.75, 3.05) is 20.6 Å². The maximum absolute atomic E-state index is 14.1. The molecule has 0 aliphatic rings. The molecule has 2 N–H and O–H groups in total. The molecule has 0 atom stereocenters. The van der Waals surface area contributed by atoms with Crippen molar-refractivity contribution in [2.45, 2.75) is 24.8 Å². The van der Waals surface area contributed by atoms with Crippen LogP contribution >= 0.6 is 12.4 Å². The molecule has 9 heteroatoms. The van der Waals surface area contributed by atoms with Gasteiger partial charge in [0.05, 0.1) is 17.0 Å². The fraction of sp³-hybridized carbons (Fsp3) is 0.286. The van der Waals surface area contributed by atoms with Gasteiger partial charge in [0.1, 0.15) is 5.83 Å². The summed E-state index contributed by atoms with van der Waals surface area (Å²) in [6, 6.07) is 8.71.